The van der Waals surface area contributed by atoms with Crippen molar-refractivity contribution >= 4 is 27.7 Å². The van der Waals surface area contributed by atoms with Gasteiger partial charge in [0.05, 0.1) is 13.0 Å². The lowest BCUT2D eigenvalue weighted by atomic mass is 9.75. The summed E-state index contributed by atoms with van der Waals surface area (Å²) in [5, 5.41) is 0. The summed E-state index contributed by atoms with van der Waals surface area (Å²) < 4.78 is 5.84. The maximum absolute atomic E-state index is 12.5. The van der Waals surface area contributed by atoms with Crippen LogP contribution in [0.25, 0.3) is 0 Å². The van der Waals surface area contributed by atoms with E-state index >= 15 is 0 Å². The molecule has 1 fully saturated rings. The monoisotopic (exact) mass is 338 g/mol. The molecule has 0 spiro atoms. The van der Waals surface area contributed by atoms with E-state index in [-0.39, 0.29) is 23.6 Å². The van der Waals surface area contributed by atoms with Crippen LogP contribution in [0, 0.1) is 11.8 Å². The number of ketones is 1. The number of methoxy groups -OCH3 is 1. The Bertz CT molecular complexity index is 481. The first-order valence-corrected chi connectivity index (χ1v) is 7.76. The highest BCUT2D eigenvalue weighted by atomic mass is 79.9. The molecule has 1 aromatic carbocycles. The Labute approximate surface area is 127 Å². The van der Waals surface area contributed by atoms with Crippen molar-refractivity contribution in [3.8, 4) is 0 Å². The zero-order chi connectivity index (χ0) is 14.5. The smallest absolute Gasteiger partial charge is 0.309 e. The lowest BCUT2D eigenvalue weighted by Gasteiger charge is -2.28. The molecule has 2 rings (SSSR count). The van der Waals surface area contributed by atoms with Crippen molar-refractivity contribution < 1.29 is 14.3 Å². The topological polar surface area (TPSA) is 43.4 Å². The number of esters is 1. The third-order valence-corrected chi connectivity index (χ3v) is 4.50. The van der Waals surface area contributed by atoms with Gasteiger partial charge in [0, 0.05) is 16.8 Å². The normalized spacial score (nSPS) is 22.3. The summed E-state index contributed by atoms with van der Waals surface area (Å²) in [5.74, 6) is -0.516. The van der Waals surface area contributed by atoms with E-state index in [4.69, 9.17) is 4.74 Å². The van der Waals surface area contributed by atoms with Gasteiger partial charge in [-0.2, -0.15) is 0 Å². The van der Waals surface area contributed by atoms with Crippen LogP contribution in [-0.4, -0.2) is 18.9 Å². The molecule has 1 saturated carbocycles. The van der Waals surface area contributed by atoms with Crippen molar-refractivity contribution in [3.05, 3.63) is 34.3 Å². The third-order valence-electron chi connectivity index (χ3n) is 3.98. The number of halogens is 1. The SMILES string of the molecule is COC(=O)[C@@H]1CCCC[C@H]1C(=O)Cc1ccc(Br)cc1. The van der Waals surface area contributed by atoms with E-state index in [1.54, 1.807) is 0 Å². The van der Waals surface area contributed by atoms with Crippen LogP contribution in [0.1, 0.15) is 31.2 Å². The standard InChI is InChI=1S/C16H19BrO3/c1-20-16(19)14-5-3-2-4-13(14)15(18)10-11-6-8-12(17)9-7-11/h6-9,13-14H,2-5,10H2,1H3/t13-,14-/m1/s1. The number of hydrogen-bond acceptors (Lipinski definition) is 3. The molecular formula is C16H19BrO3. The van der Waals surface area contributed by atoms with Crippen LogP contribution in [0.15, 0.2) is 28.7 Å². The fourth-order valence-electron chi connectivity index (χ4n) is 2.88. The highest BCUT2D eigenvalue weighted by Crippen LogP contribution is 2.32. The molecule has 0 amide bonds. The van der Waals surface area contributed by atoms with Crippen molar-refractivity contribution in [3.63, 3.8) is 0 Å². The Hall–Kier alpha value is -1.16. The van der Waals surface area contributed by atoms with Crippen LogP contribution in [-0.2, 0) is 20.7 Å². The molecule has 0 radical (unpaired) electrons. The Kier molecular flexibility index (Phi) is 5.35. The van der Waals surface area contributed by atoms with E-state index in [1.165, 1.54) is 7.11 Å². The number of ether oxygens (including phenoxy) is 1. The zero-order valence-electron chi connectivity index (χ0n) is 11.6. The van der Waals surface area contributed by atoms with Gasteiger partial charge < -0.3 is 4.74 Å². The third kappa shape index (κ3) is 3.69. The van der Waals surface area contributed by atoms with Gasteiger partial charge in [-0.3, -0.25) is 9.59 Å². The van der Waals surface area contributed by atoms with Crippen molar-refractivity contribution in [1.82, 2.24) is 0 Å². The minimum absolute atomic E-state index is 0.155. The Balaban J connectivity index is 2.05. The van der Waals surface area contributed by atoms with Gasteiger partial charge in [-0.25, -0.2) is 0 Å². The first-order chi connectivity index (χ1) is 9.61. The molecule has 3 nitrogen and oxygen atoms in total. The lowest BCUT2D eigenvalue weighted by Crippen LogP contribution is -2.34. The number of Topliss-reactive ketones (excluding diaryl/α,β-unsaturated/α-hetero) is 1. The molecule has 4 heteroatoms. The number of carbonyl (C=O) groups excluding carboxylic acids is 2. The molecule has 108 valence electrons. The van der Waals surface area contributed by atoms with Gasteiger partial charge in [0.15, 0.2) is 0 Å². The highest BCUT2D eigenvalue weighted by Gasteiger charge is 2.35. The minimum atomic E-state index is -0.253. The van der Waals surface area contributed by atoms with Crippen LogP contribution >= 0.6 is 15.9 Å². The second-order valence-corrected chi connectivity index (χ2v) is 6.21. The molecule has 0 N–H and O–H groups in total. The molecule has 1 aromatic rings. The number of carbonyl (C=O) groups is 2. The maximum atomic E-state index is 12.5. The van der Waals surface area contributed by atoms with Gasteiger partial charge in [0.2, 0.25) is 0 Å². The summed E-state index contributed by atoms with van der Waals surface area (Å²) >= 11 is 3.38. The van der Waals surface area contributed by atoms with Crippen molar-refractivity contribution in [2.45, 2.75) is 32.1 Å². The molecule has 1 aliphatic carbocycles. The summed E-state index contributed by atoms with van der Waals surface area (Å²) in [5.41, 5.74) is 0.993. The molecule has 1 aliphatic rings. The van der Waals surface area contributed by atoms with Crippen LogP contribution in [0.5, 0.6) is 0 Å². The zero-order valence-corrected chi connectivity index (χ0v) is 13.2. The Morgan fingerprint density at radius 1 is 1.15 bits per heavy atom. The molecule has 0 aromatic heterocycles. The van der Waals surface area contributed by atoms with Crippen LogP contribution in [0.4, 0.5) is 0 Å². The summed E-state index contributed by atoms with van der Waals surface area (Å²) in [7, 11) is 1.40. The number of rotatable bonds is 4. The van der Waals surface area contributed by atoms with Gasteiger partial charge in [-0.1, -0.05) is 40.9 Å². The Morgan fingerprint density at radius 3 is 2.35 bits per heavy atom. The van der Waals surface area contributed by atoms with Gasteiger partial charge in [0.25, 0.3) is 0 Å². The van der Waals surface area contributed by atoms with E-state index in [9.17, 15) is 9.59 Å². The maximum Gasteiger partial charge on any atom is 0.309 e. The largest absolute Gasteiger partial charge is 0.469 e. The molecular weight excluding hydrogens is 320 g/mol. The molecule has 0 bridgehead atoms. The summed E-state index contributed by atoms with van der Waals surface area (Å²) in [6.07, 6.45) is 3.98. The fraction of sp³-hybridized carbons (Fsp3) is 0.500. The average molecular weight is 339 g/mol. The second-order valence-electron chi connectivity index (χ2n) is 5.29. The van der Waals surface area contributed by atoms with Gasteiger partial charge in [-0.05, 0) is 30.5 Å². The fourth-order valence-corrected chi connectivity index (χ4v) is 3.15. The van der Waals surface area contributed by atoms with E-state index in [0.717, 1.165) is 35.7 Å². The molecule has 20 heavy (non-hydrogen) atoms. The van der Waals surface area contributed by atoms with Crippen molar-refractivity contribution in [2.75, 3.05) is 7.11 Å². The summed E-state index contributed by atoms with van der Waals surface area (Å²) in [6, 6.07) is 7.75. The van der Waals surface area contributed by atoms with Gasteiger partial charge >= 0.3 is 5.97 Å². The first-order valence-electron chi connectivity index (χ1n) is 6.97. The number of hydrogen-bond donors (Lipinski definition) is 0. The molecule has 0 unspecified atom stereocenters. The minimum Gasteiger partial charge on any atom is -0.469 e. The predicted molar refractivity (Wildman–Crippen MR) is 80.3 cm³/mol. The van der Waals surface area contributed by atoms with Crippen LogP contribution < -0.4 is 0 Å². The average Bonchev–Trinajstić information content (AvgIpc) is 2.48. The van der Waals surface area contributed by atoms with Gasteiger partial charge in [0.1, 0.15) is 5.78 Å². The van der Waals surface area contributed by atoms with Crippen molar-refractivity contribution in [1.29, 1.82) is 0 Å². The Morgan fingerprint density at radius 2 is 1.75 bits per heavy atom. The van der Waals surface area contributed by atoms with Crippen molar-refractivity contribution in [2.24, 2.45) is 11.8 Å². The van der Waals surface area contributed by atoms with Crippen LogP contribution in [0.2, 0.25) is 0 Å². The molecule has 0 heterocycles. The second kappa shape index (κ2) is 7.02. The van der Waals surface area contributed by atoms with E-state index in [0.29, 0.717) is 6.42 Å². The van der Waals surface area contributed by atoms with Gasteiger partial charge in [-0.15, -0.1) is 0 Å². The lowest BCUT2D eigenvalue weighted by molar-refractivity contribution is -0.151. The summed E-state index contributed by atoms with van der Waals surface area (Å²) in [6.45, 7) is 0. The molecule has 0 saturated heterocycles. The number of benzene rings is 1. The highest BCUT2D eigenvalue weighted by molar-refractivity contribution is 9.10. The molecule has 2 atom stereocenters. The van der Waals surface area contributed by atoms with E-state index in [1.807, 2.05) is 24.3 Å². The predicted octanol–water partition coefficient (Wildman–Crippen LogP) is 3.54. The quantitative estimate of drug-likeness (QED) is 0.788. The van der Waals surface area contributed by atoms with Crippen LogP contribution in [0.3, 0.4) is 0 Å². The van der Waals surface area contributed by atoms with E-state index in [2.05, 4.69) is 15.9 Å². The molecule has 0 aliphatic heterocycles. The summed E-state index contributed by atoms with van der Waals surface area (Å²) in [4.78, 5) is 24.3. The van der Waals surface area contributed by atoms with E-state index < -0.39 is 0 Å². The first kappa shape index (κ1) is 15.2.